The van der Waals surface area contributed by atoms with E-state index < -0.39 is 0 Å². The van der Waals surface area contributed by atoms with Crippen molar-refractivity contribution in [2.45, 2.75) is 51.3 Å². The van der Waals surface area contributed by atoms with Gasteiger partial charge >= 0.3 is 0 Å². The SMILES string of the molecule is CCCCOc1c2n3c(c(I)c1=O)CCC3C1OCCCN1C2=O. The van der Waals surface area contributed by atoms with E-state index in [1.807, 2.05) is 4.57 Å². The van der Waals surface area contributed by atoms with Crippen molar-refractivity contribution in [3.63, 3.8) is 0 Å². The number of unbranched alkanes of at least 4 members (excludes halogenated alkanes) is 1. The minimum absolute atomic E-state index is 0.0932. The van der Waals surface area contributed by atoms with E-state index in [0.29, 0.717) is 29.0 Å². The summed E-state index contributed by atoms with van der Waals surface area (Å²) in [5.41, 5.74) is 1.26. The molecule has 0 bridgehead atoms. The summed E-state index contributed by atoms with van der Waals surface area (Å²) in [5, 5.41) is 0. The molecule has 0 saturated carbocycles. The smallest absolute Gasteiger partial charge is 0.276 e. The Balaban J connectivity index is 1.87. The van der Waals surface area contributed by atoms with Gasteiger partial charge in [0.05, 0.1) is 22.8 Å². The quantitative estimate of drug-likeness (QED) is 0.529. The molecule has 1 aromatic heterocycles. The summed E-state index contributed by atoms with van der Waals surface area (Å²) >= 11 is 2.10. The zero-order valence-corrected chi connectivity index (χ0v) is 15.9. The minimum atomic E-state index is -0.207. The average molecular weight is 444 g/mol. The molecule has 3 aliphatic rings. The molecule has 0 aromatic carbocycles. The summed E-state index contributed by atoms with van der Waals surface area (Å²) in [5.74, 6) is 0.108. The van der Waals surface area contributed by atoms with Gasteiger partial charge in [-0.25, -0.2) is 0 Å². The van der Waals surface area contributed by atoms with Crippen molar-refractivity contribution in [3.8, 4) is 5.75 Å². The largest absolute Gasteiger partial charge is 0.487 e. The molecule has 3 aliphatic heterocycles. The zero-order valence-electron chi connectivity index (χ0n) is 13.7. The zero-order chi connectivity index (χ0) is 16.8. The molecule has 130 valence electrons. The highest BCUT2D eigenvalue weighted by Crippen LogP contribution is 2.42. The number of aromatic nitrogens is 1. The van der Waals surface area contributed by atoms with E-state index >= 15 is 0 Å². The third-order valence-electron chi connectivity index (χ3n) is 5.09. The highest BCUT2D eigenvalue weighted by molar-refractivity contribution is 14.1. The van der Waals surface area contributed by atoms with Crippen LogP contribution >= 0.6 is 22.6 Å². The van der Waals surface area contributed by atoms with E-state index in [2.05, 4.69) is 29.5 Å². The first kappa shape index (κ1) is 16.4. The van der Waals surface area contributed by atoms with Crippen LogP contribution in [0.3, 0.4) is 0 Å². The Morgan fingerprint density at radius 2 is 2.21 bits per heavy atom. The van der Waals surface area contributed by atoms with Crippen LogP contribution < -0.4 is 10.2 Å². The van der Waals surface area contributed by atoms with Crippen LogP contribution in [0, 0.1) is 3.57 Å². The van der Waals surface area contributed by atoms with Gasteiger partial charge in [0.25, 0.3) is 5.91 Å². The molecule has 0 radical (unpaired) electrons. The number of nitrogens with zero attached hydrogens (tertiary/aromatic N) is 2. The predicted molar refractivity (Wildman–Crippen MR) is 96.6 cm³/mol. The topological polar surface area (TPSA) is 60.8 Å². The van der Waals surface area contributed by atoms with E-state index in [-0.39, 0.29) is 29.4 Å². The number of fused-ring (bicyclic) bond motifs is 2. The molecule has 0 aliphatic carbocycles. The number of pyridine rings is 1. The Hall–Kier alpha value is -1.09. The molecule has 1 aromatic rings. The van der Waals surface area contributed by atoms with Crippen LogP contribution in [0.1, 0.15) is 54.8 Å². The van der Waals surface area contributed by atoms with Crippen molar-refractivity contribution >= 4 is 28.5 Å². The van der Waals surface area contributed by atoms with Crippen LogP contribution in [0.5, 0.6) is 5.75 Å². The molecule has 1 amide bonds. The number of hydrogen-bond donors (Lipinski definition) is 0. The second kappa shape index (κ2) is 6.33. The molecule has 4 rings (SSSR count). The maximum Gasteiger partial charge on any atom is 0.276 e. The molecule has 0 N–H and O–H groups in total. The Bertz CT molecular complexity index is 745. The number of carbonyl (C=O) groups is 1. The van der Waals surface area contributed by atoms with Gasteiger partial charge in [-0.05, 0) is 48.3 Å². The summed E-state index contributed by atoms with van der Waals surface area (Å²) in [6, 6.07) is 0.0932. The molecular weight excluding hydrogens is 423 g/mol. The summed E-state index contributed by atoms with van der Waals surface area (Å²) < 4.78 is 14.5. The number of halogens is 1. The van der Waals surface area contributed by atoms with E-state index in [1.54, 1.807) is 4.90 Å². The number of ether oxygens (including phenoxy) is 2. The highest BCUT2D eigenvalue weighted by Gasteiger charge is 2.47. The van der Waals surface area contributed by atoms with Gasteiger partial charge in [0.15, 0.2) is 17.7 Å². The first-order chi connectivity index (χ1) is 11.6. The third kappa shape index (κ3) is 2.31. The van der Waals surface area contributed by atoms with Gasteiger partial charge in [-0.2, -0.15) is 0 Å². The monoisotopic (exact) mass is 444 g/mol. The standard InChI is InChI=1S/C17H21IN2O4/c1-2-3-8-23-15-13-16(22)19-7-4-9-24-17(19)11-6-5-10(20(11)13)12(18)14(15)21/h11,17H,2-9H2,1H3. The molecule has 7 heteroatoms. The van der Waals surface area contributed by atoms with Gasteiger partial charge in [-0.1, -0.05) is 13.3 Å². The van der Waals surface area contributed by atoms with E-state index in [1.165, 1.54) is 0 Å². The summed E-state index contributed by atoms with van der Waals surface area (Å²) in [4.78, 5) is 27.7. The molecule has 2 unspecified atom stereocenters. The molecule has 2 atom stereocenters. The fraction of sp³-hybridized carbons (Fsp3) is 0.647. The second-order valence-corrected chi connectivity index (χ2v) is 7.64. The van der Waals surface area contributed by atoms with Crippen LogP contribution in [0.2, 0.25) is 0 Å². The molecule has 1 saturated heterocycles. The van der Waals surface area contributed by atoms with Gasteiger partial charge in [-0.3, -0.25) is 9.59 Å². The lowest BCUT2D eigenvalue weighted by atomic mass is 10.1. The lowest BCUT2D eigenvalue weighted by molar-refractivity contribution is -0.109. The normalized spacial score (nSPS) is 24.8. The van der Waals surface area contributed by atoms with Crippen molar-refractivity contribution in [3.05, 3.63) is 25.2 Å². The van der Waals surface area contributed by atoms with Gasteiger partial charge in [-0.15, -0.1) is 0 Å². The first-order valence-electron chi connectivity index (χ1n) is 8.67. The molecular formula is C17H21IN2O4. The lowest BCUT2D eigenvalue weighted by Crippen LogP contribution is -2.55. The summed E-state index contributed by atoms with van der Waals surface area (Å²) in [6.07, 6.45) is 4.18. The van der Waals surface area contributed by atoms with Crippen molar-refractivity contribution in [1.29, 1.82) is 0 Å². The van der Waals surface area contributed by atoms with E-state index in [0.717, 1.165) is 37.8 Å². The van der Waals surface area contributed by atoms with Crippen molar-refractivity contribution in [2.24, 2.45) is 0 Å². The Labute approximate surface area is 154 Å². The third-order valence-corrected chi connectivity index (χ3v) is 6.20. The predicted octanol–water partition coefficient (Wildman–Crippen LogP) is 2.32. The Kier molecular flexibility index (Phi) is 4.32. The molecule has 0 spiro atoms. The first-order valence-corrected chi connectivity index (χ1v) is 9.75. The van der Waals surface area contributed by atoms with Crippen molar-refractivity contribution in [2.75, 3.05) is 19.8 Å². The van der Waals surface area contributed by atoms with Gasteiger partial charge in [0, 0.05) is 12.2 Å². The van der Waals surface area contributed by atoms with Crippen molar-refractivity contribution in [1.82, 2.24) is 9.47 Å². The molecule has 24 heavy (non-hydrogen) atoms. The highest BCUT2D eigenvalue weighted by atomic mass is 127. The minimum Gasteiger partial charge on any atom is -0.487 e. The second-order valence-electron chi connectivity index (χ2n) is 6.56. The van der Waals surface area contributed by atoms with Crippen LogP contribution in [-0.4, -0.2) is 41.4 Å². The van der Waals surface area contributed by atoms with Crippen LogP contribution in [-0.2, 0) is 11.2 Å². The Morgan fingerprint density at radius 3 is 3.00 bits per heavy atom. The maximum atomic E-state index is 13.1. The summed E-state index contributed by atoms with van der Waals surface area (Å²) in [7, 11) is 0. The Morgan fingerprint density at radius 1 is 1.38 bits per heavy atom. The number of amides is 1. The van der Waals surface area contributed by atoms with Gasteiger partial charge < -0.3 is 18.9 Å². The molecule has 1 fully saturated rings. The average Bonchev–Trinajstić information content (AvgIpc) is 3.04. The van der Waals surface area contributed by atoms with Crippen molar-refractivity contribution < 1.29 is 14.3 Å². The van der Waals surface area contributed by atoms with Crippen LogP contribution in [0.4, 0.5) is 0 Å². The maximum absolute atomic E-state index is 13.1. The van der Waals surface area contributed by atoms with Crippen LogP contribution in [0.25, 0.3) is 0 Å². The number of hydrogen-bond acceptors (Lipinski definition) is 4. The fourth-order valence-corrected chi connectivity index (χ4v) is 4.72. The molecule has 4 heterocycles. The van der Waals surface area contributed by atoms with Gasteiger partial charge in [0.2, 0.25) is 5.43 Å². The number of carbonyl (C=O) groups excluding carboxylic acids is 1. The fourth-order valence-electron chi connectivity index (χ4n) is 3.95. The molecule has 6 nitrogen and oxygen atoms in total. The lowest BCUT2D eigenvalue weighted by Gasteiger charge is -2.44. The number of rotatable bonds is 4. The summed E-state index contributed by atoms with van der Waals surface area (Å²) in [6.45, 7) is 3.91. The van der Waals surface area contributed by atoms with E-state index in [4.69, 9.17) is 9.47 Å². The van der Waals surface area contributed by atoms with Gasteiger partial charge in [0.1, 0.15) is 0 Å². The van der Waals surface area contributed by atoms with E-state index in [9.17, 15) is 9.59 Å². The van der Waals surface area contributed by atoms with Crippen LogP contribution in [0.15, 0.2) is 4.79 Å².